The van der Waals surface area contributed by atoms with E-state index in [0.29, 0.717) is 35.9 Å². The van der Waals surface area contributed by atoms with Crippen LogP contribution in [0.5, 0.6) is 5.75 Å². The lowest BCUT2D eigenvalue weighted by atomic mass is 10.1. The van der Waals surface area contributed by atoms with Gasteiger partial charge in [-0.1, -0.05) is 22.0 Å². The summed E-state index contributed by atoms with van der Waals surface area (Å²) in [7, 11) is -1.89. The molecule has 1 aromatic heterocycles. The summed E-state index contributed by atoms with van der Waals surface area (Å²) < 4.78 is 33.9. The van der Waals surface area contributed by atoms with Crippen LogP contribution in [0.25, 0.3) is 6.08 Å². The molecule has 28 heavy (non-hydrogen) atoms. The zero-order valence-electron chi connectivity index (χ0n) is 15.3. The van der Waals surface area contributed by atoms with Crippen LogP contribution in [0.1, 0.15) is 18.4 Å². The lowest BCUT2D eigenvalue weighted by Gasteiger charge is -2.31. The Morgan fingerprint density at radius 2 is 2.07 bits per heavy atom. The van der Waals surface area contributed by atoms with Crippen molar-refractivity contribution in [1.29, 1.82) is 0 Å². The van der Waals surface area contributed by atoms with Gasteiger partial charge in [0.05, 0.1) is 7.11 Å². The molecule has 1 N–H and O–H groups in total. The summed E-state index contributed by atoms with van der Waals surface area (Å²) in [6.07, 6.45) is 4.44. The van der Waals surface area contributed by atoms with Gasteiger partial charge in [0.15, 0.2) is 0 Å². The van der Waals surface area contributed by atoms with E-state index >= 15 is 0 Å². The van der Waals surface area contributed by atoms with Crippen molar-refractivity contribution >= 4 is 49.3 Å². The molecule has 6 nitrogen and oxygen atoms in total. The number of piperidine rings is 1. The van der Waals surface area contributed by atoms with Crippen molar-refractivity contribution < 1.29 is 17.9 Å². The number of nitrogens with zero attached hydrogens (tertiary/aromatic N) is 1. The first-order chi connectivity index (χ1) is 13.4. The number of sulfonamides is 1. The number of rotatable bonds is 6. The van der Waals surface area contributed by atoms with Crippen molar-refractivity contribution in [3.63, 3.8) is 0 Å². The molecule has 1 aliphatic rings. The predicted octanol–water partition coefficient (Wildman–Crippen LogP) is 3.50. The maximum Gasteiger partial charge on any atom is 0.250 e. The number of hydrogen-bond acceptors (Lipinski definition) is 5. The summed E-state index contributed by atoms with van der Waals surface area (Å²) in [4.78, 5) is 14.2. The van der Waals surface area contributed by atoms with Crippen LogP contribution < -0.4 is 9.46 Å². The number of ether oxygens (including phenoxy) is 1. The molecule has 1 amide bonds. The zero-order chi connectivity index (χ0) is 20.1. The highest BCUT2D eigenvalue weighted by Gasteiger charge is 2.26. The van der Waals surface area contributed by atoms with Crippen molar-refractivity contribution in [2.45, 2.75) is 23.1 Å². The highest BCUT2D eigenvalue weighted by molar-refractivity contribution is 9.10. The van der Waals surface area contributed by atoms with Crippen LogP contribution in [0.15, 0.2) is 50.5 Å². The predicted molar refractivity (Wildman–Crippen MR) is 114 cm³/mol. The molecule has 3 rings (SSSR count). The van der Waals surface area contributed by atoms with Crippen LogP contribution in [-0.4, -0.2) is 45.5 Å². The SMILES string of the molecule is COc1ccc(Br)cc1/C=C/C(=O)N1CCC(NS(=O)(=O)c2cccs2)CC1. The van der Waals surface area contributed by atoms with Gasteiger partial charge in [0, 0.05) is 35.2 Å². The topological polar surface area (TPSA) is 75.7 Å². The Hall–Kier alpha value is -1.68. The molecule has 1 fully saturated rings. The number of benzene rings is 1. The Kier molecular flexibility index (Phi) is 6.92. The molecule has 0 radical (unpaired) electrons. The Morgan fingerprint density at radius 3 is 2.71 bits per heavy atom. The van der Waals surface area contributed by atoms with Gasteiger partial charge in [-0.15, -0.1) is 11.3 Å². The number of nitrogens with one attached hydrogen (secondary N) is 1. The second-order valence-corrected chi connectivity index (χ2v) is 10.2. The van der Waals surface area contributed by atoms with Crippen molar-refractivity contribution in [3.8, 4) is 5.75 Å². The molecule has 0 saturated carbocycles. The fourth-order valence-corrected chi connectivity index (χ4v) is 5.71. The summed E-state index contributed by atoms with van der Waals surface area (Å²) in [5, 5.41) is 1.74. The maximum absolute atomic E-state index is 12.5. The highest BCUT2D eigenvalue weighted by Crippen LogP contribution is 2.24. The van der Waals surface area contributed by atoms with Crippen molar-refractivity contribution in [1.82, 2.24) is 9.62 Å². The van der Waals surface area contributed by atoms with Gasteiger partial charge < -0.3 is 9.64 Å². The quantitative estimate of drug-likeness (QED) is 0.636. The molecule has 2 heterocycles. The van der Waals surface area contributed by atoms with E-state index < -0.39 is 10.0 Å². The third kappa shape index (κ3) is 5.22. The number of halogens is 1. The Bertz CT molecular complexity index is 950. The van der Waals surface area contributed by atoms with E-state index in [9.17, 15) is 13.2 Å². The van der Waals surface area contributed by atoms with E-state index in [0.717, 1.165) is 10.0 Å². The maximum atomic E-state index is 12.5. The minimum Gasteiger partial charge on any atom is -0.496 e. The van der Waals surface area contributed by atoms with E-state index in [2.05, 4.69) is 20.7 Å². The minimum atomic E-state index is -3.48. The van der Waals surface area contributed by atoms with E-state index in [1.165, 1.54) is 17.4 Å². The van der Waals surface area contributed by atoms with Gasteiger partial charge in [-0.2, -0.15) is 0 Å². The molecule has 1 saturated heterocycles. The molecule has 0 atom stereocenters. The lowest BCUT2D eigenvalue weighted by Crippen LogP contribution is -2.46. The largest absolute Gasteiger partial charge is 0.496 e. The number of hydrogen-bond donors (Lipinski definition) is 1. The van der Waals surface area contributed by atoms with Gasteiger partial charge in [0.25, 0.3) is 0 Å². The fraction of sp³-hybridized carbons (Fsp3) is 0.316. The van der Waals surface area contributed by atoms with Crippen molar-refractivity contribution in [2.75, 3.05) is 20.2 Å². The van der Waals surface area contributed by atoms with E-state index in [4.69, 9.17) is 4.74 Å². The van der Waals surface area contributed by atoms with E-state index in [1.54, 1.807) is 35.6 Å². The van der Waals surface area contributed by atoms with Crippen LogP contribution >= 0.6 is 27.3 Å². The van der Waals surface area contributed by atoms with Gasteiger partial charge in [-0.3, -0.25) is 4.79 Å². The molecular weight excluding hydrogens is 464 g/mol. The van der Waals surface area contributed by atoms with E-state index in [1.807, 2.05) is 18.2 Å². The summed E-state index contributed by atoms with van der Waals surface area (Å²) >= 11 is 4.61. The number of carbonyl (C=O) groups is 1. The number of likely N-dealkylation sites (tertiary alicyclic amines) is 1. The summed E-state index contributed by atoms with van der Waals surface area (Å²) in [6.45, 7) is 1.02. The van der Waals surface area contributed by atoms with Gasteiger partial charge in [-0.25, -0.2) is 13.1 Å². The van der Waals surface area contributed by atoms with E-state index in [-0.39, 0.29) is 11.9 Å². The lowest BCUT2D eigenvalue weighted by molar-refractivity contribution is -0.126. The molecule has 0 unspecified atom stereocenters. The Morgan fingerprint density at radius 1 is 1.32 bits per heavy atom. The minimum absolute atomic E-state index is 0.0957. The smallest absolute Gasteiger partial charge is 0.250 e. The molecular formula is C19H21BrN2O4S2. The van der Waals surface area contributed by atoms with Crippen LogP contribution in [-0.2, 0) is 14.8 Å². The highest BCUT2D eigenvalue weighted by atomic mass is 79.9. The number of carbonyl (C=O) groups excluding carboxylic acids is 1. The standard InChI is InChI=1S/C19H21BrN2O4S2/c1-26-17-6-5-15(20)13-14(17)4-7-18(23)22-10-8-16(9-11-22)21-28(24,25)19-3-2-12-27-19/h2-7,12-13,16,21H,8-11H2,1H3/b7-4+. The fourth-order valence-electron chi connectivity index (χ4n) is 3.01. The number of thiophene rings is 1. The number of methoxy groups -OCH3 is 1. The van der Waals surface area contributed by atoms with Gasteiger partial charge >= 0.3 is 0 Å². The number of amides is 1. The van der Waals surface area contributed by atoms with Crippen LogP contribution in [0.3, 0.4) is 0 Å². The second-order valence-electron chi connectivity index (χ2n) is 6.37. The van der Waals surface area contributed by atoms with Gasteiger partial charge in [0.2, 0.25) is 15.9 Å². The van der Waals surface area contributed by atoms with Crippen molar-refractivity contribution in [3.05, 3.63) is 51.8 Å². The van der Waals surface area contributed by atoms with Gasteiger partial charge in [-0.05, 0) is 48.6 Å². The third-order valence-electron chi connectivity index (χ3n) is 4.49. The molecule has 1 aliphatic heterocycles. The Labute approximate surface area is 177 Å². The first-order valence-electron chi connectivity index (χ1n) is 8.75. The van der Waals surface area contributed by atoms with Crippen molar-refractivity contribution in [2.24, 2.45) is 0 Å². The third-order valence-corrected chi connectivity index (χ3v) is 7.90. The van der Waals surface area contributed by atoms with Crippen LogP contribution in [0.4, 0.5) is 0 Å². The van der Waals surface area contributed by atoms with Crippen LogP contribution in [0.2, 0.25) is 0 Å². The monoisotopic (exact) mass is 484 g/mol. The Balaban J connectivity index is 1.56. The molecule has 9 heteroatoms. The van der Waals surface area contributed by atoms with Crippen LogP contribution in [0, 0.1) is 0 Å². The summed E-state index contributed by atoms with van der Waals surface area (Å²) in [6, 6.07) is 8.73. The molecule has 2 aromatic rings. The first kappa shape index (κ1) is 21.0. The molecule has 0 aliphatic carbocycles. The zero-order valence-corrected chi connectivity index (χ0v) is 18.5. The summed E-state index contributed by atoms with van der Waals surface area (Å²) in [5.41, 5.74) is 0.809. The molecule has 150 valence electrons. The normalized spacial score (nSPS) is 15.9. The molecule has 0 bridgehead atoms. The van der Waals surface area contributed by atoms with Gasteiger partial charge in [0.1, 0.15) is 9.96 Å². The first-order valence-corrected chi connectivity index (χ1v) is 11.9. The average molecular weight is 485 g/mol. The molecule has 1 aromatic carbocycles. The molecule has 0 spiro atoms. The average Bonchev–Trinajstić information content (AvgIpc) is 3.22. The summed E-state index contributed by atoms with van der Waals surface area (Å²) in [5.74, 6) is 0.593. The second kappa shape index (κ2) is 9.21.